The second-order valence-corrected chi connectivity index (χ2v) is 3.01. The molecule has 0 aromatic carbocycles. The number of hydrogen-bond acceptors (Lipinski definition) is 4. The molecule has 0 N–H and O–H groups in total. The smallest absolute Gasteiger partial charge is 0.550 e. The first-order chi connectivity index (χ1) is 6.13. The first-order valence-electron chi connectivity index (χ1n) is 4.52. The number of carbonyl (C=O) groups is 2. The fraction of sp³-hybridized carbons (Fsp3) is 0.778. The minimum Gasteiger partial charge on any atom is -0.550 e. The van der Waals surface area contributed by atoms with Crippen molar-refractivity contribution in [2.24, 2.45) is 0 Å². The molecule has 0 radical (unpaired) electrons. The number of carboxylic acids is 2. The summed E-state index contributed by atoms with van der Waals surface area (Å²) >= 11 is 0. The van der Waals surface area contributed by atoms with Crippen LogP contribution in [0.15, 0.2) is 0 Å². The molecule has 0 atom stereocenters. The van der Waals surface area contributed by atoms with Gasteiger partial charge in [-0.15, -0.1) is 0 Å². The average Bonchev–Trinajstić information content (AvgIpc) is 2.01. The van der Waals surface area contributed by atoms with Gasteiger partial charge in [-0.1, -0.05) is 19.3 Å². The van der Waals surface area contributed by atoms with E-state index in [1.165, 1.54) is 0 Å². The van der Waals surface area contributed by atoms with Gasteiger partial charge in [-0.2, -0.15) is 0 Å². The number of unbranched alkanes of at least 4 members (excludes halogenated alkanes) is 4. The van der Waals surface area contributed by atoms with Crippen molar-refractivity contribution in [1.29, 1.82) is 0 Å². The first kappa shape index (κ1) is 16.9. The van der Waals surface area contributed by atoms with Crippen molar-refractivity contribution in [2.75, 3.05) is 0 Å². The van der Waals surface area contributed by atoms with Gasteiger partial charge >= 0.3 is 48.9 Å². The molecule has 0 aliphatic rings. The van der Waals surface area contributed by atoms with Gasteiger partial charge in [0, 0.05) is 11.9 Å². The number of hydrogen-bond donors (Lipinski definition) is 0. The summed E-state index contributed by atoms with van der Waals surface area (Å²) < 4.78 is 0. The molecule has 0 fully saturated rings. The van der Waals surface area contributed by atoms with Crippen LogP contribution in [0, 0.1) is 0 Å². The standard InChI is InChI=1S/C9H16O4.Ba/c10-8(11)6-4-2-1-3-5-7-9(12)13;/h1-7H2,(H,10,11)(H,12,13);/q;+2/p-2. The molecule has 4 nitrogen and oxygen atoms in total. The molecule has 0 amide bonds. The molecule has 0 bridgehead atoms. The van der Waals surface area contributed by atoms with Crippen molar-refractivity contribution in [1.82, 2.24) is 0 Å². The summed E-state index contributed by atoms with van der Waals surface area (Å²) in [6.07, 6.45) is 3.95. The normalized spacial score (nSPS) is 9.14. The number of aliphatic carboxylic acids is 2. The SMILES string of the molecule is O=C([O-])CCCCCCCC(=O)[O-].[Ba+2]. The number of rotatable bonds is 8. The molecular weight excluding hydrogens is 309 g/mol. The molecule has 0 saturated carbocycles. The molecule has 76 valence electrons. The summed E-state index contributed by atoms with van der Waals surface area (Å²) in [7, 11) is 0. The summed E-state index contributed by atoms with van der Waals surface area (Å²) in [4.78, 5) is 20.0. The topological polar surface area (TPSA) is 80.3 Å². The van der Waals surface area contributed by atoms with Crippen LogP contribution in [0.1, 0.15) is 44.9 Å². The van der Waals surface area contributed by atoms with Gasteiger partial charge in [0.05, 0.1) is 0 Å². The van der Waals surface area contributed by atoms with E-state index in [-0.39, 0.29) is 61.7 Å². The Kier molecular flexibility index (Phi) is 14.0. The Morgan fingerprint density at radius 2 is 1.00 bits per heavy atom. The molecule has 0 aromatic heterocycles. The van der Waals surface area contributed by atoms with E-state index in [0.717, 1.165) is 19.3 Å². The maximum absolute atomic E-state index is 9.98. The van der Waals surface area contributed by atoms with Crippen LogP contribution >= 0.6 is 0 Å². The molecule has 0 heterocycles. The molecule has 0 aromatic rings. The first-order valence-corrected chi connectivity index (χ1v) is 4.52. The van der Waals surface area contributed by atoms with Gasteiger partial charge in [-0.05, 0) is 25.7 Å². The Morgan fingerprint density at radius 3 is 1.29 bits per heavy atom. The zero-order chi connectivity index (χ0) is 10.1. The van der Waals surface area contributed by atoms with Gasteiger partial charge in [-0.25, -0.2) is 0 Å². The van der Waals surface area contributed by atoms with Crippen molar-refractivity contribution >= 4 is 60.8 Å². The second kappa shape index (κ2) is 11.6. The quantitative estimate of drug-likeness (QED) is 0.417. The number of carboxylic acid groups (broad SMARTS) is 2. The molecule has 0 rings (SSSR count). The Hall–Kier alpha value is 0.511. The summed E-state index contributed by atoms with van der Waals surface area (Å²) in [5, 5.41) is 20.0. The van der Waals surface area contributed by atoms with Crippen LogP contribution < -0.4 is 10.2 Å². The van der Waals surface area contributed by atoms with E-state index < -0.39 is 11.9 Å². The predicted octanol–water partition coefficient (Wildman–Crippen LogP) is -1.16. The van der Waals surface area contributed by atoms with Crippen molar-refractivity contribution < 1.29 is 19.8 Å². The van der Waals surface area contributed by atoms with Crippen molar-refractivity contribution in [3.63, 3.8) is 0 Å². The van der Waals surface area contributed by atoms with E-state index in [9.17, 15) is 19.8 Å². The molecule has 0 saturated heterocycles. The average molecular weight is 324 g/mol. The van der Waals surface area contributed by atoms with Crippen molar-refractivity contribution in [2.45, 2.75) is 44.9 Å². The largest absolute Gasteiger partial charge is 2.00 e. The minimum atomic E-state index is -1.02. The van der Waals surface area contributed by atoms with E-state index in [2.05, 4.69) is 0 Å². The van der Waals surface area contributed by atoms with Crippen molar-refractivity contribution in [3.05, 3.63) is 0 Å². The van der Waals surface area contributed by atoms with Gasteiger partial charge in [0.25, 0.3) is 0 Å². The fourth-order valence-electron chi connectivity index (χ4n) is 1.07. The maximum atomic E-state index is 9.98. The monoisotopic (exact) mass is 324 g/mol. The molecular formula is C9H14BaO4. The van der Waals surface area contributed by atoms with Crippen LogP contribution in [-0.2, 0) is 9.59 Å². The summed E-state index contributed by atoms with van der Waals surface area (Å²) in [5.74, 6) is -2.04. The second-order valence-electron chi connectivity index (χ2n) is 3.01. The van der Waals surface area contributed by atoms with Crippen LogP contribution in [0.5, 0.6) is 0 Å². The predicted molar refractivity (Wildman–Crippen MR) is 48.1 cm³/mol. The van der Waals surface area contributed by atoms with Crippen LogP contribution in [0.4, 0.5) is 0 Å². The van der Waals surface area contributed by atoms with Crippen LogP contribution in [-0.4, -0.2) is 60.8 Å². The Bertz CT molecular complexity index is 152. The van der Waals surface area contributed by atoms with Gasteiger partial charge < -0.3 is 19.8 Å². The summed E-state index contributed by atoms with van der Waals surface area (Å²) in [6.45, 7) is 0. The fourth-order valence-corrected chi connectivity index (χ4v) is 1.07. The van der Waals surface area contributed by atoms with E-state index in [4.69, 9.17) is 0 Å². The van der Waals surface area contributed by atoms with Crippen LogP contribution in [0.2, 0.25) is 0 Å². The molecule has 0 unspecified atom stereocenters. The minimum absolute atomic E-state index is 0. The van der Waals surface area contributed by atoms with Gasteiger partial charge in [0.15, 0.2) is 0 Å². The third kappa shape index (κ3) is 15.0. The van der Waals surface area contributed by atoms with Crippen molar-refractivity contribution in [3.8, 4) is 0 Å². The van der Waals surface area contributed by atoms with E-state index >= 15 is 0 Å². The third-order valence-electron chi connectivity index (χ3n) is 1.76. The molecule has 0 aliphatic heterocycles. The number of carbonyl (C=O) groups excluding carboxylic acids is 2. The Balaban J connectivity index is 0. The van der Waals surface area contributed by atoms with Crippen LogP contribution in [0.25, 0.3) is 0 Å². The zero-order valence-electron chi connectivity index (χ0n) is 8.29. The van der Waals surface area contributed by atoms with Gasteiger partial charge in [0.1, 0.15) is 0 Å². The van der Waals surface area contributed by atoms with E-state index in [0.29, 0.717) is 12.8 Å². The third-order valence-corrected chi connectivity index (χ3v) is 1.76. The Labute approximate surface area is 124 Å². The van der Waals surface area contributed by atoms with Crippen LogP contribution in [0.3, 0.4) is 0 Å². The molecule has 14 heavy (non-hydrogen) atoms. The zero-order valence-corrected chi connectivity index (χ0v) is 12.7. The van der Waals surface area contributed by atoms with Gasteiger partial charge in [-0.3, -0.25) is 0 Å². The Morgan fingerprint density at radius 1 is 0.714 bits per heavy atom. The molecule has 0 spiro atoms. The summed E-state index contributed by atoms with van der Waals surface area (Å²) in [6, 6.07) is 0. The van der Waals surface area contributed by atoms with Gasteiger partial charge in [0.2, 0.25) is 0 Å². The molecule has 5 heteroatoms. The summed E-state index contributed by atoms with van der Waals surface area (Å²) in [5.41, 5.74) is 0. The van der Waals surface area contributed by atoms with E-state index in [1.54, 1.807) is 0 Å². The maximum Gasteiger partial charge on any atom is 2.00 e. The van der Waals surface area contributed by atoms with E-state index in [1.807, 2.05) is 0 Å². The molecule has 0 aliphatic carbocycles.